The minimum absolute atomic E-state index is 0.0601. The van der Waals surface area contributed by atoms with Crippen molar-refractivity contribution in [2.24, 2.45) is 17.1 Å². The van der Waals surface area contributed by atoms with Crippen LogP contribution in [0.1, 0.15) is 45.6 Å². The Labute approximate surface area is 203 Å². The van der Waals surface area contributed by atoms with Gasteiger partial charge in [-0.1, -0.05) is 62.4 Å². The summed E-state index contributed by atoms with van der Waals surface area (Å²) in [7, 11) is 0. The quantitative estimate of drug-likeness (QED) is 0.332. The highest BCUT2D eigenvalue weighted by Gasteiger charge is 2.49. The van der Waals surface area contributed by atoms with E-state index in [0.717, 1.165) is 18.4 Å². The average molecular weight is 472 g/mol. The van der Waals surface area contributed by atoms with Gasteiger partial charge >= 0.3 is 0 Å². The van der Waals surface area contributed by atoms with E-state index in [9.17, 15) is 19.8 Å². The van der Waals surface area contributed by atoms with Crippen LogP contribution in [-0.2, 0) is 16.0 Å². The van der Waals surface area contributed by atoms with E-state index in [2.05, 4.69) is 5.32 Å². The van der Waals surface area contributed by atoms with E-state index in [1.54, 1.807) is 12.2 Å². The second-order valence-corrected chi connectivity index (χ2v) is 9.28. The Morgan fingerprint density at radius 2 is 1.82 bits per heavy atom. The number of nitrogens with two attached hydrogens (primary N) is 1. The highest BCUT2D eigenvalue weighted by atomic mass is 16.3. The van der Waals surface area contributed by atoms with E-state index >= 15 is 0 Å². The van der Waals surface area contributed by atoms with Crippen LogP contribution in [0, 0.1) is 11.3 Å². The average Bonchev–Trinajstić information content (AvgIpc) is 2.85. The maximum atomic E-state index is 14.2. The molecule has 1 aromatic rings. The number of hydrogen-bond acceptors (Lipinski definition) is 5. The normalized spacial score (nSPS) is 20.3. The van der Waals surface area contributed by atoms with Gasteiger partial charge in [-0.25, -0.2) is 0 Å². The lowest BCUT2D eigenvalue weighted by molar-refractivity contribution is -0.145. The first kappa shape index (κ1) is 27.8. The Hall–Kier alpha value is -2.48. The predicted molar refractivity (Wildman–Crippen MR) is 135 cm³/mol. The topological polar surface area (TPSA) is 116 Å². The summed E-state index contributed by atoms with van der Waals surface area (Å²) in [5, 5.41) is 24.0. The summed E-state index contributed by atoms with van der Waals surface area (Å²) < 4.78 is 0. The van der Waals surface area contributed by atoms with Crippen LogP contribution >= 0.6 is 0 Å². The summed E-state index contributed by atoms with van der Waals surface area (Å²) in [6.07, 6.45) is 6.56. The molecular formula is C27H41N3O4. The van der Waals surface area contributed by atoms with E-state index in [4.69, 9.17) is 5.73 Å². The fourth-order valence-electron chi connectivity index (χ4n) is 4.71. The molecule has 0 aliphatic heterocycles. The molecule has 0 saturated carbocycles. The molecule has 1 unspecified atom stereocenters. The van der Waals surface area contributed by atoms with E-state index < -0.39 is 23.3 Å². The molecule has 0 heterocycles. The minimum atomic E-state index is -1.12. The minimum Gasteiger partial charge on any atom is -0.395 e. The number of aliphatic hydroxyl groups is 2. The van der Waals surface area contributed by atoms with Crippen molar-refractivity contribution in [1.82, 2.24) is 10.2 Å². The van der Waals surface area contributed by atoms with Crippen LogP contribution in [0.15, 0.2) is 54.1 Å². The van der Waals surface area contributed by atoms with Crippen LogP contribution in [0.2, 0.25) is 0 Å². The lowest BCUT2D eigenvalue weighted by Crippen LogP contribution is -2.54. The van der Waals surface area contributed by atoms with Gasteiger partial charge < -0.3 is 26.2 Å². The summed E-state index contributed by atoms with van der Waals surface area (Å²) >= 11 is 0. The summed E-state index contributed by atoms with van der Waals surface area (Å²) in [6, 6.07) is 9.57. The molecule has 0 fully saturated rings. The van der Waals surface area contributed by atoms with Crippen LogP contribution in [-0.4, -0.2) is 65.3 Å². The third-order valence-corrected chi connectivity index (χ3v) is 6.54. The van der Waals surface area contributed by atoms with Crippen molar-refractivity contribution in [2.75, 3.05) is 26.2 Å². The maximum Gasteiger partial charge on any atom is 0.244 e. The SMILES string of the molecule is CCCN(CCC)C(=O)C1([C@H](Cc2ccccc2)[C@@H](O)CN[C@H](C)CO)C=CC=C(C(N)=O)C1. The standard InChI is InChI=1S/C27H41N3O4/c1-4-14-30(15-5-2)26(34)27(13-9-12-22(17-27)25(28)33)23(16-21-10-7-6-8-11-21)24(32)18-29-20(3)19-31/h6-13,20,23-24,29,31-32H,4-5,14-19H2,1-3H3,(H2,28,33)/t20-,23-,24+,27?/m1/s1. The van der Waals surface area contributed by atoms with E-state index in [1.165, 1.54) is 0 Å². The van der Waals surface area contributed by atoms with Gasteiger partial charge in [0.1, 0.15) is 0 Å². The van der Waals surface area contributed by atoms with Crippen molar-refractivity contribution in [3.8, 4) is 0 Å². The second-order valence-electron chi connectivity index (χ2n) is 9.28. The third kappa shape index (κ3) is 7.01. The first-order valence-electron chi connectivity index (χ1n) is 12.3. The number of allylic oxidation sites excluding steroid dienone is 2. The number of hydrogen-bond donors (Lipinski definition) is 4. The lowest BCUT2D eigenvalue weighted by atomic mass is 9.63. The number of amides is 2. The smallest absolute Gasteiger partial charge is 0.244 e. The predicted octanol–water partition coefficient (Wildman–Crippen LogP) is 2.18. The molecule has 7 nitrogen and oxygen atoms in total. The number of nitrogens with zero attached hydrogens (tertiary/aromatic N) is 1. The summed E-state index contributed by atoms with van der Waals surface area (Å²) in [4.78, 5) is 28.3. The number of aliphatic hydroxyl groups excluding tert-OH is 2. The van der Waals surface area contributed by atoms with Crippen LogP contribution in [0.25, 0.3) is 0 Å². The maximum absolute atomic E-state index is 14.2. The zero-order valence-electron chi connectivity index (χ0n) is 20.7. The highest BCUT2D eigenvalue weighted by Crippen LogP contribution is 2.44. The molecule has 2 rings (SSSR count). The first-order valence-corrected chi connectivity index (χ1v) is 12.3. The number of nitrogens with one attached hydrogen (secondary N) is 1. The molecule has 7 heteroatoms. The van der Waals surface area contributed by atoms with Gasteiger partial charge in [0.2, 0.25) is 11.8 Å². The second kappa shape index (κ2) is 13.4. The van der Waals surface area contributed by atoms with Gasteiger partial charge in [0.05, 0.1) is 18.1 Å². The zero-order chi connectivity index (χ0) is 25.1. The Balaban J connectivity index is 2.57. The molecule has 0 aromatic heterocycles. The van der Waals surface area contributed by atoms with Crippen molar-refractivity contribution < 1.29 is 19.8 Å². The number of rotatable bonds is 14. The largest absolute Gasteiger partial charge is 0.395 e. The fourth-order valence-corrected chi connectivity index (χ4v) is 4.71. The van der Waals surface area contributed by atoms with Crippen molar-refractivity contribution in [2.45, 2.75) is 58.6 Å². The Bertz CT molecular complexity index is 849. The number of primary amides is 1. The first-order chi connectivity index (χ1) is 16.3. The third-order valence-electron chi connectivity index (χ3n) is 6.54. The Morgan fingerprint density at radius 3 is 2.38 bits per heavy atom. The molecule has 1 aliphatic rings. The molecule has 2 amide bonds. The van der Waals surface area contributed by atoms with Crippen molar-refractivity contribution in [3.05, 3.63) is 59.7 Å². The molecule has 1 aliphatic carbocycles. The number of benzene rings is 1. The Morgan fingerprint density at radius 1 is 1.18 bits per heavy atom. The molecule has 4 atom stereocenters. The van der Waals surface area contributed by atoms with Crippen LogP contribution in [0.4, 0.5) is 0 Å². The molecule has 0 bridgehead atoms. The molecule has 0 spiro atoms. The van der Waals surface area contributed by atoms with Gasteiger partial charge in [0, 0.05) is 37.2 Å². The van der Waals surface area contributed by atoms with E-state index in [1.807, 2.05) is 62.1 Å². The fraction of sp³-hybridized carbons (Fsp3) is 0.556. The number of carbonyl (C=O) groups is 2. The van der Waals surface area contributed by atoms with Gasteiger partial charge in [-0.3, -0.25) is 9.59 Å². The van der Waals surface area contributed by atoms with Crippen molar-refractivity contribution in [1.29, 1.82) is 0 Å². The lowest BCUT2D eigenvalue weighted by Gasteiger charge is -2.44. The van der Waals surface area contributed by atoms with E-state index in [0.29, 0.717) is 25.1 Å². The van der Waals surface area contributed by atoms with Crippen LogP contribution in [0.5, 0.6) is 0 Å². The molecule has 34 heavy (non-hydrogen) atoms. The van der Waals surface area contributed by atoms with Crippen LogP contribution in [0.3, 0.4) is 0 Å². The van der Waals surface area contributed by atoms with Crippen molar-refractivity contribution >= 4 is 11.8 Å². The summed E-state index contributed by atoms with van der Waals surface area (Å²) in [6.45, 7) is 7.25. The molecule has 5 N–H and O–H groups in total. The molecular weight excluding hydrogens is 430 g/mol. The van der Waals surface area contributed by atoms with Gasteiger partial charge in [-0.2, -0.15) is 0 Å². The van der Waals surface area contributed by atoms with E-state index in [-0.39, 0.29) is 31.5 Å². The Kier molecular flexibility index (Phi) is 11.0. The zero-order valence-corrected chi connectivity index (χ0v) is 20.7. The van der Waals surface area contributed by atoms with Crippen molar-refractivity contribution in [3.63, 3.8) is 0 Å². The summed E-state index contributed by atoms with van der Waals surface area (Å²) in [5.41, 5.74) is 5.91. The van der Waals surface area contributed by atoms with Gasteiger partial charge in [0.25, 0.3) is 0 Å². The highest BCUT2D eigenvalue weighted by molar-refractivity contribution is 5.95. The van der Waals surface area contributed by atoms with Gasteiger partial charge in [-0.05, 0) is 38.2 Å². The molecule has 188 valence electrons. The van der Waals surface area contributed by atoms with Crippen LogP contribution < -0.4 is 11.1 Å². The summed E-state index contributed by atoms with van der Waals surface area (Å²) in [5.74, 6) is -1.16. The number of carbonyl (C=O) groups excluding carboxylic acids is 2. The molecule has 0 radical (unpaired) electrons. The monoisotopic (exact) mass is 471 g/mol. The molecule has 0 saturated heterocycles. The van der Waals surface area contributed by atoms with Gasteiger partial charge in [0.15, 0.2) is 0 Å². The molecule has 1 aromatic carbocycles. The van der Waals surface area contributed by atoms with Gasteiger partial charge in [-0.15, -0.1) is 0 Å².